The number of nitrogens with one attached hydrogen (secondary N) is 1. The van der Waals surface area contributed by atoms with Crippen LogP contribution in [0.15, 0.2) is 23.8 Å². The van der Waals surface area contributed by atoms with Gasteiger partial charge in [-0.25, -0.2) is 0 Å². The van der Waals surface area contributed by atoms with Gasteiger partial charge in [-0.1, -0.05) is 18.2 Å². The fourth-order valence-corrected chi connectivity index (χ4v) is 0.453. The molecule has 0 saturated carbocycles. The Morgan fingerprint density at radius 3 is 2.40 bits per heavy atom. The highest BCUT2D eigenvalue weighted by Crippen LogP contribution is 1.91. The number of aldehydes is 1. The van der Waals surface area contributed by atoms with Crippen molar-refractivity contribution in [3.05, 3.63) is 23.8 Å². The second kappa shape index (κ2) is 4.68. The molecule has 0 aromatic heterocycles. The highest BCUT2D eigenvalue weighted by Gasteiger charge is 1.93. The van der Waals surface area contributed by atoms with Crippen molar-refractivity contribution in [3.8, 4) is 0 Å². The second-order valence-electron chi connectivity index (χ2n) is 1.89. The van der Waals surface area contributed by atoms with Crippen molar-refractivity contribution in [2.75, 3.05) is 0 Å². The molecule has 0 bridgehead atoms. The number of hydrogen-bond acceptors (Lipinski definition) is 2. The molecule has 0 saturated heterocycles. The van der Waals surface area contributed by atoms with Crippen molar-refractivity contribution in [2.24, 2.45) is 0 Å². The molecular formula is C8H11NO. The molecule has 0 amide bonds. The van der Waals surface area contributed by atoms with E-state index in [1.807, 2.05) is 13.0 Å². The summed E-state index contributed by atoms with van der Waals surface area (Å²) in [4.78, 5) is 10.2. The molecule has 0 atom stereocenters. The fourth-order valence-electron chi connectivity index (χ4n) is 0.453. The first kappa shape index (κ1) is 8.82. The molecule has 0 aliphatic heterocycles. The summed E-state index contributed by atoms with van der Waals surface area (Å²) >= 11 is 0. The SMILES string of the molecule is C/C=C\C=C(\C=O)C(C)=N. The van der Waals surface area contributed by atoms with Gasteiger partial charge >= 0.3 is 0 Å². The minimum atomic E-state index is 0.299. The molecule has 0 heterocycles. The fraction of sp³-hybridized carbons (Fsp3) is 0.250. The van der Waals surface area contributed by atoms with Crippen molar-refractivity contribution in [1.82, 2.24) is 0 Å². The third-order valence-corrected chi connectivity index (χ3v) is 1.03. The van der Waals surface area contributed by atoms with Crippen LogP contribution in [-0.4, -0.2) is 12.0 Å². The Hall–Kier alpha value is -1.18. The second-order valence-corrected chi connectivity index (χ2v) is 1.89. The predicted octanol–water partition coefficient (Wildman–Crippen LogP) is 1.73. The number of carbonyl (C=O) groups excluding carboxylic acids is 1. The van der Waals surface area contributed by atoms with Crippen LogP contribution >= 0.6 is 0 Å². The Morgan fingerprint density at radius 1 is 1.50 bits per heavy atom. The number of hydrogen-bond donors (Lipinski definition) is 1. The normalized spacial score (nSPS) is 12.0. The Kier molecular flexibility index (Phi) is 4.12. The summed E-state index contributed by atoms with van der Waals surface area (Å²) < 4.78 is 0. The Bertz CT molecular complexity index is 189. The summed E-state index contributed by atoms with van der Waals surface area (Å²) in [7, 11) is 0. The molecule has 0 aromatic carbocycles. The lowest BCUT2D eigenvalue weighted by Crippen LogP contribution is -1.95. The van der Waals surface area contributed by atoms with Crippen molar-refractivity contribution >= 4 is 12.0 Å². The largest absolute Gasteiger partial charge is 0.305 e. The molecule has 1 N–H and O–H groups in total. The molecule has 0 unspecified atom stereocenters. The van der Waals surface area contributed by atoms with Gasteiger partial charge in [0.2, 0.25) is 0 Å². The lowest BCUT2D eigenvalue weighted by molar-refractivity contribution is -0.104. The molecule has 0 aromatic rings. The average Bonchev–Trinajstić information content (AvgIpc) is 1.89. The maximum atomic E-state index is 10.2. The van der Waals surface area contributed by atoms with Crippen LogP contribution in [-0.2, 0) is 4.79 Å². The summed E-state index contributed by atoms with van der Waals surface area (Å²) in [5.74, 6) is 0. The van der Waals surface area contributed by atoms with Crippen molar-refractivity contribution in [3.63, 3.8) is 0 Å². The van der Waals surface area contributed by atoms with Crippen molar-refractivity contribution < 1.29 is 4.79 Å². The van der Waals surface area contributed by atoms with Crippen LogP contribution in [0.3, 0.4) is 0 Å². The van der Waals surface area contributed by atoms with E-state index in [2.05, 4.69) is 0 Å². The van der Waals surface area contributed by atoms with Crippen LogP contribution in [0.5, 0.6) is 0 Å². The maximum Gasteiger partial charge on any atom is 0.151 e. The third kappa shape index (κ3) is 2.97. The van der Waals surface area contributed by atoms with E-state index < -0.39 is 0 Å². The van der Waals surface area contributed by atoms with Gasteiger partial charge in [-0.15, -0.1) is 0 Å². The molecule has 0 aliphatic rings. The molecule has 2 heteroatoms. The summed E-state index contributed by atoms with van der Waals surface area (Å²) in [6.45, 7) is 3.45. The Balaban J connectivity index is 4.33. The quantitative estimate of drug-likeness (QED) is 0.273. The van der Waals surface area contributed by atoms with Crippen LogP contribution in [0.4, 0.5) is 0 Å². The zero-order chi connectivity index (χ0) is 7.98. The summed E-state index contributed by atoms with van der Waals surface area (Å²) in [5, 5.41) is 7.10. The first-order valence-corrected chi connectivity index (χ1v) is 3.06. The Labute approximate surface area is 60.8 Å². The molecule has 0 rings (SSSR count). The smallest absolute Gasteiger partial charge is 0.151 e. The standard InChI is InChI=1S/C8H11NO/c1-3-4-5-8(6-10)7(2)9/h3-6,9H,1-2H3/b4-3-,8-5-,9-7?. The third-order valence-electron chi connectivity index (χ3n) is 1.03. The van der Waals surface area contributed by atoms with E-state index in [-0.39, 0.29) is 0 Å². The predicted molar refractivity (Wildman–Crippen MR) is 42.4 cm³/mol. The van der Waals surface area contributed by atoms with Gasteiger partial charge in [0.25, 0.3) is 0 Å². The van der Waals surface area contributed by atoms with Crippen LogP contribution in [0.25, 0.3) is 0 Å². The molecule has 0 radical (unpaired) electrons. The minimum Gasteiger partial charge on any atom is -0.305 e. The first-order chi connectivity index (χ1) is 4.72. The van der Waals surface area contributed by atoms with Gasteiger partial charge < -0.3 is 5.41 Å². The van der Waals surface area contributed by atoms with Crippen molar-refractivity contribution in [2.45, 2.75) is 13.8 Å². The minimum absolute atomic E-state index is 0.299. The van der Waals surface area contributed by atoms with Crippen LogP contribution in [0, 0.1) is 5.41 Å². The van der Waals surface area contributed by atoms with Crippen LogP contribution < -0.4 is 0 Å². The lowest BCUT2D eigenvalue weighted by Gasteiger charge is -1.90. The monoisotopic (exact) mass is 137 g/mol. The highest BCUT2D eigenvalue weighted by molar-refractivity contribution is 6.12. The highest BCUT2D eigenvalue weighted by atomic mass is 16.1. The first-order valence-electron chi connectivity index (χ1n) is 3.06. The summed E-state index contributed by atoms with van der Waals surface area (Å²) in [5.41, 5.74) is 0.728. The molecule has 0 aliphatic carbocycles. The van der Waals surface area contributed by atoms with Gasteiger partial charge in [-0.3, -0.25) is 4.79 Å². The molecular weight excluding hydrogens is 126 g/mol. The topological polar surface area (TPSA) is 40.9 Å². The Morgan fingerprint density at radius 2 is 2.10 bits per heavy atom. The van der Waals surface area contributed by atoms with Crippen LogP contribution in [0.1, 0.15) is 13.8 Å². The zero-order valence-corrected chi connectivity index (χ0v) is 6.22. The molecule has 0 spiro atoms. The van der Waals surface area contributed by atoms with Gasteiger partial charge in [0.05, 0.1) is 0 Å². The van der Waals surface area contributed by atoms with Gasteiger partial charge in [-0.2, -0.15) is 0 Å². The molecule has 2 nitrogen and oxygen atoms in total. The lowest BCUT2D eigenvalue weighted by atomic mass is 10.2. The van der Waals surface area contributed by atoms with E-state index in [9.17, 15) is 4.79 Å². The number of allylic oxidation sites excluding steroid dienone is 4. The number of rotatable bonds is 3. The van der Waals surface area contributed by atoms with Gasteiger partial charge in [-0.05, 0) is 13.8 Å². The van der Waals surface area contributed by atoms with E-state index in [1.165, 1.54) is 0 Å². The van der Waals surface area contributed by atoms with Gasteiger partial charge in [0.1, 0.15) is 0 Å². The zero-order valence-electron chi connectivity index (χ0n) is 6.22. The van der Waals surface area contributed by atoms with Crippen molar-refractivity contribution in [1.29, 1.82) is 5.41 Å². The molecule has 0 fully saturated rings. The van der Waals surface area contributed by atoms with E-state index in [0.717, 1.165) is 0 Å². The van der Waals surface area contributed by atoms with E-state index in [4.69, 9.17) is 5.41 Å². The summed E-state index contributed by atoms with van der Waals surface area (Å²) in [6, 6.07) is 0. The van der Waals surface area contributed by atoms with E-state index in [1.54, 1.807) is 19.1 Å². The van der Waals surface area contributed by atoms with Crippen LogP contribution in [0.2, 0.25) is 0 Å². The molecule has 10 heavy (non-hydrogen) atoms. The van der Waals surface area contributed by atoms with E-state index in [0.29, 0.717) is 17.6 Å². The van der Waals surface area contributed by atoms with Gasteiger partial charge in [0, 0.05) is 11.3 Å². The van der Waals surface area contributed by atoms with Gasteiger partial charge in [0.15, 0.2) is 6.29 Å². The molecule has 54 valence electrons. The average molecular weight is 137 g/mol. The number of carbonyl (C=O) groups is 1. The maximum absolute atomic E-state index is 10.2. The van der Waals surface area contributed by atoms with E-state index >= 15 is 0 Å². The summed E-state index contributed by atoms with van der Waals surface area (Å²) in [6.07, 6.45) is 5.85.